The molecule has 130 valence electrons. The Morgan fingerprint density at radius 3 is 2.62 bits per heavy atom. The lowest BCUT2D eigenvalue weighted by Gasteiger charge is -2.07. The first-order chi connectivity index (χ1) is 12.5. The summed E-state index contributed by atoms with van der Waals surface area (Å²) in [5.41, 5.74) is 4.16. The van der Waals surface area contributed by atoms with E-state index in [0.717, 1.165) is 11.3 Å². The highest BCUT2D eigenvalue weighted by Crippen LogP contribution is 2.27. The Labute approximate surface area is 148 Å². The van der Waals surface area contributed by atoms with Gasteiger partial charge in [0.15, 0.2) is 5.65 Å². The highest BCUT2D eigenvalue weighted by molar-refractivity contribution is 6.04. The second kappa shape index (κ2) is 6.07. The molecule has 0 saturated heterocycles. The number of anilines is 1. The summed E-state index contributed by atoms with van der Waals surface area (Å²) in [4.78, 5) is 25.4. The van der Waals surface area contributed by atoms with Gasteiger partial charge in [-0.25, -0.2) is 4.98 Å². The molecular formula is C18H16N6O2. The van der Waals surface area contributed by atoms with Crippen LogP contribution in [0.1, 0.15) is 27.5 Å². The molecule has 8 heteroatoms. The monoisotopic (exact) mass is 348 g/mol. The first-order valence-electron chi connectivity index (χ1n) is 8.04. The molecule has 8 nitrogen and oxygen atoms in total. The van der Waals surface area contributed by atoms with Crippen LogP contribution in [0.15, 0.2) is 41.4 Å². The third-order valence-corrected chi connectivity index (χ3v) is 4.15. The van der Waals surface area contributed by atoms with Crippen LogP contribution in [-0.2, 0) is 0 Å². The van der Waals surface area contributed by atoms with E-state index in [2.05, 4.69) is 25.4 Å². The summed E-state index contributed by atoms with van der Waals surface area (Å²) in [7, 11) is 0. The zero-order valence-corrected chi connectivity index (χ0v) is 14.5. The van der Waals surface area contributed by atoms with Gasteiger partial charge in [0.1, 0.15) is 11.6 Å². The van der Waals surface area contributed by atoms with Gasteiger partial charge in [0.05, 0.1) is 28.8 Å². The van der Waals surface area contributed by atoms with Gasteiger partial charge in [-0.1, -0.05) is 5.16 Å². The van der Waals surface area contributed by atoms with Gasteiger partial charge in [0, 0.05) is 24.2 Å². The number of aryl methyl sites for hydroxylation is 3. The maximum absolute atomic E-state index is 12.5. The minimum absolute atomic E-state index is 0.229. The van der Waals surface area contributed by atoms with Crippen molar-refractivity contribution >= 4 is 17.4 Å². The zero-order chi connectivity index (χ0) is 18.3. The molecule has 0 saturated carbocycles. The summed E-state index contributed by atoms with van der Waals surface area (Å²) in [6.45, 7) is 5.54. The fraction of sp³-hybridized carbons (Fsp3) is 0.167. The standard InChI is InChI=1S/C18H16N6O2/c1-10-16(12(3)26-23-10)14-9-24-15(8-20-14)21-11(2)17(24)22-18(25)13-4-6-19-7-5-13/h4-9H,1-3H3,(H,22,25). The predicted molar refractivity (Wildman–Crippen MR) is 94.9 cm³/mol. The Morgan fingerprint density at radius 1 is 1.15 bits per heavy atom. The predicted octanol–water partition coefficient (Wildman–Crippen LogP) is 2.96. The van der Waals surface area contributed by atoms with Crippen molar-refractivity contribution in [1.29, 1.82) is 0 Å². The van der Waals surface area contributed by atoms with Crippen molar-refractivity contribution in [2.75, 3.05) is 5.32 Å². The Morgan fingerprint density at radius 2 is 1.92 bits per heavy atom. The lowest BCUT2D eigenvalue weighted by Crippen LogP contribution is -2.14. The molecule has 0 bridgehead atoms. The molecule has 0 atom stereocenters. The number of carbonyl (C=O) groups excluding carboxylic acids is 1. The molecule has 0 fully saturated rings. The molecule has 0 aliphatic rings. The number of amides is 1. The van der Waals surface area contributed by atoms with Crippen molar-refractivity contribution < 1.29 is 9.32 Å². The first kappa shape index (κ1) is 15.9. The lowest BCUT2D eigenvalue weighted by atomic mass is 10.1. The summed E-state index contributed by atoms with van der Waals surface area (Å²) in [5, 5.41) is 6.89. The Hall–Kier alpha value is -3.55. The number of pyridine rings is 1. The number of fused-ring (bicyclic) bond motifs is 1. The summed E-state index contributed by atoms with van der Waals surface area (Å²) in [6.07, 6.45) is 6.64. The summed E-state index contributed by atoms with van der Waals surface area (Å²) in [5.74, 6) is 1.05. The molecule has 0 aliphatic carbocycles. The minimum atomic E-state index is -0.229. The Bertz CT molecular complexity index is 1090. The third kappa shape index (κ3) is 2.61. The molecule has 0 aromatic carbocycles. The van der Waals surface area contributed by atoms with Crippen LogP contribution in [0.2, 0.25) is 0 Å². The fourth-order valence-corrected chi connectivity index (χ4v) is 2.88. The average molecular weight is 348 g/mol. The van der Waals surface area contributed by atoms with Crippen LogP contribution >= 0.6 is 0 Å². The molecular weight excluding hydrogens is 332 g/mol. The number of rotatable bonds is 3. The van der Waals surface area contributed by atoms with Gasteiger partial charge in [-0.2, -0.15) is 0 Å². The molecule has 4 heterocycles. The Kier molecular flexibility index (Phi) is 3.72. The number of carbonyl (C=O) groups is 1. The number of nitrogens with one attached hydrogen (secondary N) is 1. The smallest absolute Gasteiger partial charge is 0.256 e. The molecule has 1 amide bonds. The molecule has 4 rings (SSSR count). The molecule has 4 aromatic rings. The average Bonchev–Trinajstić information content (AvgIpc) is 3.14. The Balaban J connectivity index is 1.79. The number of aromatic nitrogens is 5. The minimum Gasteiger partial charge on any atom is -0.361 e. The van der Waals surface area contributed by atoms with E-state index >= 15 is 0 Å². The highest BCUT2D eigenvalue weighted by atomic mass is 16.5. The summed E-state index contributed by atoms with van der Waals surface area (Å²) >= 11 is 0. The molecule has 26 heavy (non-hydrogen) atoms. The second-order valence-corrected chi connectivity index (χ2v) is 5.94. The van der Waals surface area contributed by atoms with Gasteiger partial charge >= 0.3 is 0 Å². The molecule has 0 aliphatic heterocycles. The van der Waals surface area contributed by atoms with Crippen LogP contribution in [0, 0.1) is 20.8 Å². The number of hydrogen-bond acceptors (Lipinski definition) is 6. The molecule has 1 N–H and O–H groups in total. The van der Waals surface area contributed by atoms with Gasteiger partial charge in [-0.05, 0) is 32.9 Å². The fourth-order valence-electron chi connectivity index (χ4n) is 2.88. The molecule has 4 aromatic heterocycles. The lowest BCUT2D eigenvalue weighted by molar-refractivity contribution is 0.102. The van der Waals surface area contributed by atoms with Crippen LogP contribution < -0.4 is 5.32 Å². The number of imidazole rings is 1. The van der Waals surface area contributed by atoms with E-state index in [0.29, 0.717) is 34.2 Å². The van der Waals surface area contributed by atoms with Crippen molar-refractivity contribution in [3.05, 3.63) is 59.6 Å². The third-order valence-electron chi connectivity index (χ3n) is 4.15. The highest BCUT2D eigenvalue weighted by Gasteiger charge is 2.17. The van der Waals surface area contributed by atoms with Gasteiger partial charge < -0.3 is 9.84 Å². The normalized spacial score (nSPS) is 11.0. The van der Waals surface area contributed by atoms with Crippen molar-refractivity contribution in [2.45, 2.75) is 20.8 Å². The van der Waals surface area contributed by atoms with Crippen molar-refractivity contribution in [1.82, 2.24) is 24.5 Å². The molecule has 0 unspecified atom stereocenters. The largest absolute Gasteiger partial charge is 0.361 e. The molecule has 0 radical (unpaired) electrons. The van der Waals surface area contributed by atoms with Crippen LogP contribution in [0.4, 0.5) is 5.82 Å². The van der Waals surface area contributed by atoms with E-state index in [9.17, 15) is 4.79 Å². The quantitative estimate of drug-likeness (QED) is 0.611. The van der Waals surface area contributed by atoms with Crippen molar-refractivity contribution in [3.8, 4) is 11.3 Å². The first-order valence-corrected chi connectivity index (χ1v) is 8.04. The van der Waals surface area contributed by atoms with Gasteiger partial charge in [0.25, 0.3) is 5.91 Å². The second-order valence-electron chi connectivity index (χ2n) is 5.94. The van der Waals surface area contributed by atoms with E-state index in [4.69, 9.17) is 4.52 Å². The maximum atomic E-state index is 12.5. The van der Waals surface area contributed by atoms with E-state index in [1.807, 2.05) is 31.4 Å². The van der Waals surface area contributed by atoms with Crippen molar-refractivity contribution in [3.63, 3.8) is 0 Å². The van der Waals surface area contributed by atoms with E-state index in [1.54, 1.807) is 30.7 Å². The SMILES string of the molecule is Cc1noc(C)c1-c1cn2c(NC(=O)c3ccncc3)c(C)nc2cn1. The summed E-state index contributed by atoms with van der Waals surface area (Å²) < 4.78 is 7.04. The van der Waals surface area contributed by atoms with Crippen LogP contribution in [0.25, 0.3) is 16.9 Å². The van der Waals surface area contributed by atoms with Crippen LogP contribution in [0.5, 0.6) is 0 Å². The van der Waals surface area contributed by atoms with E-state index in [1.165, 1.54) is 0 Å². The van der Waals surface area contributed by atoms with E-state index in [-0.39, 0.29) is 5.91 Å². The summed E-state index contributed by atoms with van der Waals surface area (Å²) in [6, 6.07) is 3.31. The van der Waals surface area contributed by atoms with Crippen LogP contribution in [0.3, 0.4) is 0 Å². The van der Waals surface area contributed by atoms with Gasteiger partial charge in [0.2, 0.25) is 0 Å². The zero-order valence-electron chi connectivity index (χ0n) is 14.5. The van der Waals surface area contributed by atoms with Crippen LogP contribution in [-0.4, -0.2) is 30.4 Å². The number of nitrogens with zero attached hydrogens (tertiary/aromatic N) is 5. The van der Waals surface area contributed by atoms with E-state index < -0.39 is 0 Å². The van der Waals surface area contributed by atoms with Gasteiger partial charge in [-0.3, -0.25) is 19.2 Å². The number of hydrogen-bond donors (Lipinski definition) is 1. The van der Waals surface area contributed by atoms with Gasteiger partial charge in [-0.15, -0.1) is 0 Å². The molecule has 0 spiro atoms. The maximum Gasteiger partial charge on any atom is 0.256 e. The topological polar surface area (TPSA) is 98.2 Å². The van der Waals surface area contributed by atoms with Crippen molar-refractivity contribution in [2.24, 2.45) is 0 Å².